The predicted octanol–water partition coefficient (Wildman–Crippen LogP) is 0.829. The van der Waals surface area contributed by atoms with Gasteiger partial charge in [0.15, 0.2) is 0 Å². The first-order chi connectivity index (χ1) is 15.4. The summed E-state index contributed by atoms with van der Waals surface area (Å²) >= 11 is -4.25. The van der Waals surface area contributed by atoms with Crippen molar-refractivity contribution in [3.05, 3.63) is 44.9 Å². The first-order valence-electron chi connectivity index (χ1n) is 8.38. The van der Waals surface area contributed by atoms with Crippen LogP contribution in [0.15, 0.2) is 6.07 Å². The smallest absolute Gasteiger partial charge is 0.397 e. The Hall–Kier alpha value is -3.42. The molecule has 0 spiro atoms. The van der Waals surface area contributed by atoms with Crippen LogP contribution in [0.5, 0.6) is 11.5 Å². The van der Waals surface area contributed by atoms with Crippen LogP contribution in [0.4, 0.5) is 0 Å². The number of hydrogen-bond acceptors (Lipinski definition) is 11. The van der Waals surface area contributed by atoms with Gasteiger partial charge in [-0.25, -0.2) is 24.4 Å². The molecule has 0 saturated heterocycles. The fraction of sp³-hybridized carbons (Fsp3) is 0.294. The number of nitrogens with zero attached hydrogens (tertiary/aromatic N) is 4. The van der Waals surface area contributed by atoms with Gasteiger partial charge in [-0.1, -0.05) is 0 Å². The van der Waals surface area contributed by atoms with E-state index < -0.39 is 59.4 Å². The van der Waals surface area contributed by atoms with E-state index in [9.17, 15) is 18.9 Å². The monoisotopic (exact) mass is 500 g/mol. The Morgan fingerprint density at radius 1 is 0.970 bits per heavy atom. The quantitative estimate of drug-likeness (QED) is 0.200. The molecule has 0 bridgehead atoms. The van der Waals surface area contributed by atoms with Gasteiger partial charge in [-0.3, -0.25) is 22.4 Å². The molecule has 14 nitrogen and oxygen atoms in total. The summed E-state index contributed by atoms with van der Waals surface area (Å²) in [5.74, 6) is -0.313. The normalized spacial score (nSPS) is 13.5. The van der Waals surface area contributed by atoms with Crippen molar-refractivity contribution < 1.29 is 44.5 Å². The van der Waals surface area contributed by atoms with Gasteiger partial charge >= 0.3 is 10.4 Å². The second-order valence-electron chi connectivity index (χ2n) is 5.63. The molecule has 0 unspecified atom stereocenters. The number of nitriles is 2. The molecule has 0 aliphatic rings. The molecule has 0 aromatic heterocycles. The zero-order valence-corrected chi connectivity index (χ0v) is 18.4. The molecule has 0 fully saturated rings. The SMILES string of the molecule is [C-]#[N+]/C(C#N)=c1/cc(OCCOS(=O)(=O)O)/c(=C(\C#N)[N+]#[C-])c(C)c1OCCOS(O)(O)O. The lowest BCUT2D eigenvalue weighted by Gasteiger charge is -2.19. The lowest BCUT2D eigenvalue weighted by atomic mass is 10.1. The van der Waals surface area contributed by atoms with Crippen molar-refractivity contribution in [2.75, 3.05) is 26.4 Å². The highest BCUT2D eigenvalue weighted by Crippen LogP contribution is 2.33. The zero-order valence-electron chi connectivity index (χ0n) is 16.7. The van der Waals surface area contributed by atoms with Crippen LogP contribution in [-0.4, -0.2) is 53.1 Å². The van der Waals surface area contributed by atoms with Crippen molar-refractivity contribution in [1.29, 1.82) is 10.5 Å². The standard InChI is InChI=1S/C17H16N4O10S2/c1-11-16(14(10-19)21-3)15(28-4-6-30-32(22,23)24)8-12(13(9-18)20-2)17(11)29-5-7-31-33(25,26)27/h8,25-27H,4-7H2,1H3,(H,22,23,24)/b13-12-,16-14+. The molecule has 0 atom stereocenters. The summed E-state index contributed by atoms with van der Waals surface area (Å²) in [7, 11) is -4.74. The zero-order chi connectivity index (χ0) is 25.2. The number of benzene rings is 1. The molecular weight excluding hydrogens is 484 g/mol. The minimum atomic E-state index is -4.74. The van der Waals surface area contributed by atoms with Crippen LogP contribution in [0.2, 0.25) is 0 Å². The Bertz CT molecular complexity index is 1260. The van der Waals surface area contributed by atoms with Gasteiger partial charge < -0.3 is 9.47 Å². The third-order valence-electron chi connectivity index (χ3n) is 3.55. The minimum Gasteiger partial charge on any atom is -0.492 e. The molecule has 0 saturated carbocycles. The van der Waals surface area contributed by atoms with Gasteiger partial charge in [0, 0.05) is 10.4 Å². The number of ether oxygens (including phenoxy) is 2. The maximum Gasteiger partial charge on any atom is 0.397 e. The number of rotatable bonds is 10. The fourth-order valence-corrected chi connectivity index (χ4v) is 2.97. The van der Waals surface area contributed by atoms with Crippen molar-refractivity contribution in [2.24, 2.45) is 0 Å². The molecule has 4 N–H and O–H groups in total. The average Bonchev–Trinajstić information content (AvgIpc) is 2.72. The molecule has 0 aliphatic carbocycles. The van der Waals surface area contributed by atoms with E-state index in [4.69, 9.17) is 40.8 Å². The summed E-state index contributed by atoms with van der Waals surface area (Å²) in [6.45, 7) is 13.8. The van der Waals surface area contributed by atoms with Crippen LogP contribution >= 0.6 is 11.2 Å². The van der Waals surface area contributed by atoms with Gasteiger partial charge in [-0.05, 0) is 18.6 Å². The van der Waals surface area contributed by atoms with E-state index in [0.717, 1.165) is 6.07 Å². The van der Waals surface area contributed by atoms with E-state index in [-0.39, 0.29) is 27.5 Å². The second-order valence-corrected chi connectivity index (χ2v) is 7.90. The summed E-state index contributed by atoms with van der Waals surface area (Å²) in [6.07, 6.45) is 0. The maximum atomic E-state index is 10.7. The molecule has 1 aromatic carbocycles. The van der Waals surface area contributed by atoms with Gasteiger partial charge in [0.05, 0.1) is 25.3 Å². The Morgan fingerprint density at radius 2 is 1.52 bits per heavy atom. The summed E-state index contributed by atoms with van der Waals surface area (Å²) in [5.41, 5.74) is -0.846. The van der Waals surface area contributed by atoms with E-state index in [1.807, 2.05) is 0 Å². The highest BCUT2D eigenvalue weighted by atomic mass is 32.3. The van der Waals surface area contributed by atoms with Crippen LogP contribution in [0.1, 0.15) is 5.56 Å². The Morgan fingerprint density at radius 3 is 2.00 bits per heavy atom. The van der Waals surface area contributed by atoms with E-state index in [0.29, 0.717) is 0 Å². The largest absolute Gasteiger partial charge is 0.492 e. The molecule has 1 rings (SSSR count). The third kappa shape index (κ3) is 8.56. The van der Waals surface area contributed by atoms with Crippen molar-refractivity contribution in [1.82, 2.24) is 0 Å². The van der Waals surface area contributed by atoms with Crippen LogP contribution in [0.25, 0.3) is 21.1 Å². The van der Waals surface area contributed by atoms with Crippen molar-refractivity contribution >= 4 is 32.9 Å². The second kappa shape index (κ2) is 12.0. The molecule has 0 heterocycles. The molecule has 176 valence electrons. The third-order valence-corrected chi connectivity index (χ3v) is 4.50. The summed E-state index contributed by atoms with van der Waals surface area (Å²) in [6, 6.07) is 4.43. The molecular formula is C17H16N4O10S2. The van der Waals surface area contributed by atoms with Crippen molar-refractivity contribution in [3.63, 3.8) is 0 Å². The maximum absolute atomic E-state index is 10.7. The Labute approximate surface area is 190 Å². The first-order valence-corrected chi connectivity index (χ1v) is 11.2. The summed E-state index contributed by atoms with van der Waals surface area (Å²) in [4.78, 5) is 6.18. The molecule has 0 radical (unpaired) electrons. The molecule has 33 heavy (non-hydrogen) atoms. The van der Waals surface area contributed by atoms with Gasteiger partial charge in [-0.15, -0.1) is 0 Å². The van der Waals surface area contributed by atoms with E-state index in [1.54, 1.807) is 12.1 Å². The Kier molecular flexibility index (Phi) is 10.0. The highest BCUT2D eigenvalue weighted by Gasteiger charge is 2.17. The van der Waals surface area contributed by atoms with Crippen LogP contribution in [0.3, 0.4) is 0 Å². The summed E-state index contributed by atoms with van der Waals surface area (Å²) < 4.78 is 75.8. The van der Waals surface area contributed by atoms with Crippen LogP contribution in [-0.2, 0) is 18.8 Å². The molecule has 0 amide bonds. The Balaban J connectivity index is 3.66. The highest BCUT2D eigenvalue weighted by molar-refractivity contribution is 8.15. The van der Waals surface area contributed by atoms with Gasteiger partial charge in [0.1, 0.15) is 37.9 Å². The molecule has 1 aromatic rings. The molecule has 16 heteroatoms. The predicted molar refractivity (Wildman–Crippen MR) is 112 cm³/mol. The lowest BCUT2D eigenvalue weighted by Crippen LogP contribution is -2.25. The fourth-order valence-electron chi connectivity index (χ4n) is 2.40. The van der Waals surface area contributed by atoms with Crippen LogP contribution in [0, 0.1) is 42.7 Å². The first kappa shape index (κ1) is 27.6. The average molecular weight is 500 g/mol. The van der Waals surface area contributed by atoms with Crippen molar-refractivity contribution in [2.45, 2.75) is 6.92 Å². The van der Waals surface area contributed by atoms with Gasteiger partial charge in [0.25, 0.3) is 11.4 Å². The number of hydrogen-bond donors (Lipinski definition) is 4. The topological polar surface area (TPSA) is 208 Å². The van der Waals surface area contributed by atoms with E-state index in [2.05, 4.69) is 18.1 Å². The van der Waals surface area contributed by atoms with Crippen molar-refractivity contribution in [3.8, 4) is 23.6 Å². The molecule has 0 aliphatic heterocycles. The van der Waals surface area contributed by atoms with Gasteiger partial charge in [-0.2, -0.15) is 8.42 Å². The van der Waals surface area contributed by atoms with E-state index >= 15 is 0 Å². The van der Waals surface area contributed by atoms with E-state index in [1.165, 1.54) is 6.92 Å². The minimum absolute atomic E-state index is 0.0813. The van der Waals surface area contributed by atoms with Gasteiger partial charge in [0.2, 0.25) is 11.2 Å². The lowest BCUT2D eigenvalue weighted by molar-refractivity contribution is 0.164. The summed E-state index contributed by atoms with van der Waals surface area (Å²) in [5, 5.41) is 18.4. The van der Waals surface area contributed by atoms with Crippen LogP contribution < -0.4 is 19.9 Å².